The molecule has 2 aromatic heterocycles. The molecule has 1 aromatic carbocycles. The molecule has 7 nitrogen and oxygen atoms in total. The molecule has 1 aliphatic rings. The third kappa shape index (κ3) is 4.03. The molecule has 1 atom stereocenters. The van der Waals surface area contributed by atoms with Gasteiger partial charge in [-0.3, -0.25) is 9.59 Å². The van der Waals surface area contributed by atoms with E-state index < -0.39 is 0 Å². The molecule has 1 fully saturated rings. The molecular weight excluding hydrogens is 386 g/mol. The van der Waals surface area contributed by atoms with E-state index in [-0.39, 0.29) is 22.9 Å². The van der Waals surface area contributed by atoms with Gasteiger partial charge in [0.2, 0.25) is 5.91 Å². The van der Waals surface area contributed by atoms with Gasteiger partial charge in [0.1, 0.15) is 11.9 Å². The van der Waals surface area contributed by atoms with Crippen molar-refractivity contribution < 1.29 is 4.79 Å². The molecule has 8 heteroatoms. The fourth-order valence-corrected chi connectivity index (χ4v) is 4.49. The van der Waals surface area contributed by atoms with Crippen LogP contribution in [0.1, 0.15) is 45.0 Å². The minimum absolute atomic E-state index is 0.0112. The van der Waals surface area contributed by atoms with Crippen molar-refractivity contribution >= 4 is 32.7 Å². The highest BCUT2D eigenvalue weighted by Gasteiger charge is 2.33. The molecule has 152 valence electrons. The maximum Gasteiger partial charge on any atom is 0.278 e. The fourth-order valence-electron chi connectivity index (χ4n) is 3.47. The molecule has 0 radical (unpaired) electrons. The Bertz CT molecular complexity index is 1080. The van der Waals surface area contributed by atoms with E-state index in [1.165, 1.54) is 11.3 Å². The average Bonchev–Trinajstić information content (AvgIpc) is 3.33. The number of nitrogens with one attached hydrogen (secondary N) is 2. The predicted molar refractivity (Wildman–Crippen MR) is 115 cm³/mol. The Morgan fingerprint density at radius 2 is 2.03 bits per heavy atom. The van der Waals surface area contributed by atoms with Crippen LogP contribution in [0.4, 0.5) is 5.13 Å². The number of rotatable bonds is 4. The zero-order valence-electron chi connectivity index (χ0n) is 16.9. The summed E-state index contributed by atoms with van der Waals surface area (Å²) < 4.78 is 0. The second kappa shape index (κ2) is 7.59. The van der Waals surface area contributed by atoms with E-state index in [9.17, 15) is 9.59 Å². The van der Waals surface area contributed by atoms with Gasteiger partial charge in [-0.2, -0.15) is 0 Å². The quantitative estimate of drug-likeness (QED) is 0.689. The smallest absolute Gasteiger partial charge is 0.278 e. The predicted octanol–water partition coefficient (Wildman–Crippen LogP) is 2.96. The summed E-state index contributed by atoms with van der Waals surface area (Å²) in [5.41, 5.74) is 0.918. The van der Waals surface area contributed by atoms with Gasteiger partial charge < -0.3 is 15.2 Å². The van der Waals surface area contributed by atoms with E-state index in [1.807, 2.05) is 56.0 Å². The molecule has 0 bridgehead atoms. The Morgan fingerprint density at radius 3 is 2.76 bits per heavy atom. The van der Waals surface area contributed by atoms with Crippen LogP contribution in [-0.2, 0) is 16.8 Å². The molecule has 2 N–H and O–H groups in total. The number of nitrogens with zero attached hydrogens (tertiary/aromatic N) is 3. The summed E-state index contributed by atoms with van der Waals surface area (Å²) in [4.78, 5) is 39.9. The van der Waals surface area contributed by atoms with Crippen LogP contribution in [0.15, 0.2) is 35.1 Å². The minimum Gasteiger partial charge on any atom is -0.350 e. The van der Waals surface area contributed by atoms with Crippen molar-refractivity contribution in [2.45, 2.75) is 51.6 Å². The number of hydrogen-bond donors (Lipinski definition) is 2. The second-order valence-corrected chi connectivity index (χ2v) is 9.33. The lowest BCUT2D eigenvalue weighted by Gasteiger charge is -2.23. The Morgan fingerprint density at radius 1 is 1.28 bits per heavy atom. The SMILES string of the molecule is CC(C)(C)c1nc2sc(N3CCC[C@@H]3C(=O)NCc3ccccc3)nc2c(=O)[nH]1. The number of hydrogen-bond acceptors (Lipinski definition) is 6. The molecule has 0 aliphatic carbocycles. The first-order chi connectivity index (χ1) is 13.8. The number of H-pyrrole nitrogens is 1. The first-order valence-corrected chi connectivity index (χ1v) is 10.6. The van der Waals surface area contributed by atoms with Gasteiger partial charge in [-0.25, -0.2) is 9.97 Å². The lowest BCUT2D eigenvalue weighted by Crippen LogP contribution is -2.43. The lowest BCUT2D eigenvalue weighted by molar-refractivity contribution is -0.122. The first-order valence-electron chi connectivity index (χ1n) is 9.82. The Labute approximate surface area is 173 Å². The highest BCUT2D eigenvalue weighted by molar-refractivity contribution is 7.21. The van der Waals surface area contributed by atoms with Gasteiger partial charge in [0.15, 0.2) is 15.5 Å². The van der Waals surface area contributed by atoms with Crippen molar-refractivity contribution in [3.63, 3.8) is 0 Å². The van der Waals surface area contributed by atoms with Crippen molar-refractivity contribution in [1.82, 2.24) is 20.3 Å². The number of fused-ring (bicyclic) bond motifs is 1. The molecule has 1 aliphatic heterocycles. The van der Waals surface area contributed by atoms with E-state index in [0.29, 0.717) is 27.8 Å². The number of aromatic amines is 1. The largest absolute Gasteiger partial charge is 0.350 e. The van der Waals surface area contributed by atoms with E-state index in [0.717, 1.165) is 24.9 Å². The normalized spacial score (nSPS) is 17.1. The van der Waals surface area contributed by atoms with Gasteiger partial charge >= 0.3 is 0 Å². The van der Waals surface area contributed by atoms with Crippen molar-refractivity contribution in [3.05, 3.63) is 52.1 Å². The Kier molecular flexibility index (Phi) is 5.12. The summed E-state index contributed by atoms with van der Waals surface area (Å²) in [6.45, 7) is 7.26. The van der Waals surface area contributed by atoms with Crippen LogP contribution in [-0.4, -0.2) is 33.4 Å². The van der Waals surface area contributed by atoms with Gasteiger partial charge in [0, 0.05) is 18.5 Å². The fraction of sp³-hybridized carbons (Fsp3) is 0.429. The van der Waals surface area contributed by atoms with Gasteiger partial charge in [-0.1, -0.05) is 62.4 Å². The van der Waals surface area contributed by atoms with E-state index in [4.69, 9.17) is 0 Å². The summed E-state index contributed by atoms with van der Waals surface area (Å²) in [6.07, 6.45) is 1.68. The van der Waals surface area contributed by atoms with Crippen LogP contribution in [0, 0.1) is 0 Å². The highest BCUT2D eigenvalue weighted by Crippen LogP contribution is 2.32. The molecule has 3 aromatic rings. The third-order valence-electron chi connectivity index (χ3n) is 5.08. The van der Waals surface area contributed by atoms with Gasteiger partial charge in [-0.15, -0.1) is 0 Å². The number of benzene rings is 1. The number of carbonyl (C=O) groups excluding carboxylic acids is 1. The highest BCUT2D eigenvalue weighted by atomic mass is 32.1. The zero-order valence-corrected chi connectivity index (χ0v) is 17.7. The molecule has 4 rings (SSSR count). The topological polar surface area (TPSA) is 91.0 Å². The molecule has 3 heterocycles. The van der Waals surface area contributed by atoms with Crippen molar-refractivity contribution in [1.29, 1.82) is 0 Å². The Balaban J connectivity index is 1.56. The summed E-state index contributed by atoms with van der Waals surface area (Å²) in [6, 6.07) is 9.58. The summed E-state index contributed by atoms with van der Waals surface area (Å²) in [5, 5.41) is 3.71. The van der Waals surface area contributed by atoms with E-state index in [2.05, 4.69) is 20.3 Å². The van der Waals surface area contributed by atoms with Crippen LogP contribution in [0.5, 0.6) is 0 Å². The number of carbonyl (C=O) groups is 1. The van der Waals surface area contributed by atoms with Crippen molar-refractivity contribution in [3.8, 4) is 0 Å². The number of anilines is 1. The molecule has 0 spiro atoms. The Hall–Kier alpha value is -2.74. The minimum atomic E-state index is -0.277. The third-order valence-corrected chi connectivity index (χ3v) is 6.07. The number of amides is 1. The number of thiazole rings is 1. The maximum absolute atomic E-state index is 12.8. The second-order valence-electron chi connectivity index (χ2n) is 8.37. The first kappa shape index (κ1) is 19.6. The van der Waals surface area contributed by atoms with Crippen LogP contribution in [0.25, 0.3) is 10.3 Å². The monoisotopic (exact) mass is 411 g/mol. The summed E-state index contributed by atoms with van der Waals surface area (Å²) in [5.74, 6) is 0.631. The van der Waals surface area contributed by atoms with Gasteiger partial charge in [0.25, 0.3) is 5.56 Å². The van der Waals surface area contributed by atoms with Crippen molar-refractivity contribution in [2.75, 3.05) is 11.4 Å². The van der Waals surface area contributed by atoms with Crippen molar-refractivity contribution in [2.24, 2.45) is 0 Å². The molecule has 1 saturated heterocycles. The zero-order chi connectivity index (χ0) is 20.6. The van der Waals surface area contributed by atoms with E-state index in [1.54, 1.807) is 0 Å². The molecule has 29 heavy (non-hydrogen) atoms. The standard InChI is InChI=1S/C21H25N5O2S/c1-21(2,3)19-24-17(28)15-18(25-19)29-20(23-15)26-11-7-10-14(26)16(27)22-12-13-8-5-4-6-9-13/h4-6,8-9,14H,7,10-12H2,1-3H3,(H,22,27)(H,24,25,28)/t14-/m1/s1. The van der Waals surface area contributed by atoms with Crippen LogP contribution in [0.3, 0.4) is 0 Å². The molecule has 0 saturated carbocycles. The molecule has 0 unspecified atom stereocenters. The average molecular weight is 412 g/mol. The van der Waals surface area contributed by atoms with Crippen LogP contribution >= 0.6 is 11.3 Å². The lowest BCUT2D eigenvalue weighted by atomic mass is 9.96. The van der Waals surface area contributed by atoms with Crippen LogP contribution < -0.4 is 15.8 Å². The molecular formula is C21H25N5O2S. The molecule has 1 amide bonds. The van der Waals surface area contributed by atoms with Gasteiger partial charge in [-0.05, 0) is 18.4 Å². The maximum atomic E-state index is 12.8. The van der Waals surface area contributed by atoms with E-state index >= 15 is 0 Å². The van der Waals surface area contributed by atoms with Crippen LogP contribution in [0.2, 0.25) is 0 Å². The summed E-state index contributed by atoms with van der Waals surface area (Å²) in [7, 11) is 0. The number of aromatic nitrogens is 3. The summed E-state index contributed by atoms with van der Waals surface area (Å²) >= 11 is 1.38. The van der Waals surface area contributed by atoms with Gasteiger partial charge in [0.05, 0.1) is 0 Å².